The number of nitrogens with zero attached hydrogens (tertiary/aromatic N) is 4. The van der Waals surface area contributed by atoms with Gasteiger partial charge in [0.1, 0.15) is 0 Å². The Morgan fingerprint density at radius 3 is 1.17 bits per heavy atom. The Kier molecular flexibility index (Phi) is 7.56. The van der Waals surface area contributed by atoms with Crippen molar-refractivity contribution < 1.29 is 0 Å². The van der Waals surface area contributed by atoms with Gasteiger partial charge < -0.3 is 18.6 Å². The molecule has 0 aliphatic rings. The Hall–Kier alpha value is -7.60. The standard InChI is InChI=1S/C58H44N4Si/c1-37-15-11-20-40(31-37)59(38-16-7-5-8-17-38)42-27-29-53-49(33-42)45-23-13-25-47-51-36-56-52(35-55(51)61(53)57(45)47)48-26-14-24-46-50-34-43(28-30-54(50)62(56)58(46)48)60(39-18-9-6-10-19-39)41-21-12-22-44(32-41)63(2,3)4/h5-36H,1-4H3. The van der Waals surface area contributed by atoms with Crippen LogP contribution in [0.1, 0.15) is 5.56 Å². The number of rotatable bonds is 7. The van der Waals surface area contributed by atoms with Gasteiger partial charge in [0.05, 0.1) is 41.2 Å². The van der Waals surface area contributed by atoms with Crippen LogP contribution in [0, 0.1) is 6.92 Å². The average Bonchev–Trinajstić information content (AvgIpc) is 4.02. The van der Waals surface area contributed by atoms with Crippen LogP contribution in [-0.4, -0.2) is 16.9 Å². The van der Waals surface area contributed by atoms with E-state index < -0.39 is 8.07 Å². The molecular formula is C58H44N4Si. The van der Waals surface area contributed by atoms with Crippen LogP contribution in [0.25, 0.3) is 76.2 Å². The van der Waals surface area contributed by atoms with Crippen molar-refractivity contribution in [3.8, 4) is 0 Å². The fourth-order valence-electron chi connectivity index (χ4n) is 10.6. The second-order valence-corrected chi connectivity index (χ2v) is 23.4. The van der Waals surface area contributed by atoms with Crippen molar-refractivity contribution in [3.63, 3.8) is 0 Å². The van der Waals surface area contributed by atoms with Crippen molar-refractivity contribution >= 4 is 124 Å². The first-order valence-corrected chi connectivity index (χ1v) is 25.5. The topological polar surface area (TPSA) is 15.3 Å². The number of para-hydroxylation sites is 4. The number of hydrogen-bond donors (Lipinski definition) is 0. The Labute approximate surface area is 366 Å². The molecule has 0 radical (unpaired) electrons. The van der Waals surface area contributed by atoms with E-state index in [0.29, 0.717) is 0 Å². The summed E-state index contributed by atoms with van der Waals surface area (Å²) in [6.07, 6.45) is 0. The molecule has 0 bridgehead atoms. The summed E-state index contributed by atoms with van der Waals surface area (Å²) in [7, 11) is -1.54. The van der Waals surface area contributed by atoms with Crippen molar-refractivity contribution in [1.29, 1.82) is 0 Å². The first-order valence-electron chi connectivity index (χ1n) is 22.0. The molecule has 4 nitrogen and oxygen atoms in total. The van der Waals surface area contributed by atoms with E-state index in [2.05, 4.69) is 239 Å². The fourth-order valence-corrected chi connectivity index (χ4v) is 11.8. The van der Waals surface area contributed by atoms with Crippen molar-refractivity contribution in [2.75, 3.05) is 9.80 Å². The molecule has 9 aromatic carbocycles. The summed E-state index contributed by atoms with van der Waals surface area (Å²) in [6.45, 7) is 9.43. The first-order chi connectivity index (χ1) is 30.8. The number of aryl methyl sites for hydroxylation is 1. The predicted molar refractivity (Wildman–Crippen MR) is 273 cm³/mol. The van der Waals surface area contributed by atoms with Gasteiger partial charge in [-0.2, -0.15) is 0 Å². The minimum atomic E-state index is -1.54. The number of anilines is 6. The Morgan fingerprint density at radius 1 is 0.317 bits per heavy atom. The third-order valence-electron chi connectivity index (χ3n) is 13.5. The van der Waals surface area contributed by atoms with Gasteiger partial charge >= 0.3 is 0 Å². The van der Waals surface area contributed by atoms with Crippen molar-refractivity contribution in [1.82, 2.24) is 8.80 Å². The summed E-state index contributed by atoms with van der Waals surface area (Å²) in [5, 5.41) is 11.7. The Morgan fingerprint density at radius 2 is 0.714 bits per heavy atom. The van der Waals surface area contributed by atoms with Crippen molar-refractivity contribution in [2.45, 2.75) is 26.6 Å². The van der Waals surface area contributed by atoms with Gasteiger partial charge in [-0.3, -0.25) is 0 Å². The van der Waals surface area contributed by atoms with Crippen molar-refractivity contribution in [2.24, 2.45) is 0 Å². The molecule has 0 unspecified atom stereocenters. The van der Waals surface area contributed by atoms with Crippen molar-refractivity contribution in [3.05, 3.63) is 200 Å². The molecule has 5 heteroatoms. The third kappa shape index (κ3) is 5.27. The highest BCUT2D eigenvalue weighted by molar-refractivity contribution is 6.88. The quantitative estimate of drug-likeness (QED) is 0.149. The zero-order valence-electron chi connectivity index (χ0n) is 35.8. The van der Waals surface area contributed by atoms with Gasteiger partial charge in [-0.05, 0) is 110 Å². The maximum absolute atomic E-state index is 2.53. The molecule has 0 N–H and O–H groups in total. The van der Waals surface area contributed by atoms with Crippen LogP contribution >= 0.6 is 0 Å². The molecule has 300 valence electrons. The van der Waals surface area contributed by atoms with E-state index in [0.717, 1.165) is 28.4 Å². The highest BCUT2D eigenvalue weighted by Gasteiger charge is 2.25. The molecule has 0 atom stereocenters. The molecule has 4 aromatic heterocycles. The van der Waals surface area contributed by atoms with Gasteiger partial charge in [0.2, 0.25) is 0 Å². The first kappa shape index (κ1) is 36.1. The third-order valence-corrected chi connectivity index (χ3v) is 15.5. The number of hydrogen-bond acceptors (Lipinski definition) is 2. The van der Waals surface area contributed by atoms with E-state index >= 15 is 0 Å². The molecule has 13 aromatic rings. The molecule has 0 fully saturated rings. The van der Waals surface area contributed by atoms with Crippen LogP contribution in [0.4, 0.5) is 34.1 Å². The smallest absolute Gasteiger partial charge is 0.0776 e. The molecule has 4 heterocycles. The maximum atomic E-state index is 2.53. The molecule has 0 amide bonds. The highest BCUT2D eigenvalue weighted by Crippen LogP contribution is 2.47. The van der Waals surface area contributed by atoms with Crippen LogP contribution < -0.4 is 15.0 Å². The number of fused-ring (bicyclic) bond motifs is 12. The molecule has 13 rings (SSSR count). The van der Waals surface area contributed by atoms with Crippen LogP contribution in [0.15, 0.2) is 194 Å². The van der Waals surface area contributed by atoms with E-state index in [1.165, 1.54) is 92.6 Å². The molecule has 0 aliphatic carbocycles. The molecule has 0 aliphatic heterocycles. The zero-order chi connectivity index (χ0) is 42.1. The van der Waals surface area contributed by atoms with Crippen LogP contribution in [0.3, 0.4) is 0 Å². The molecule has 63 heavy (non-hydrogen) atoms. The number of benzene rings is 9. The summed E-state index contributed by atoms with van der Waals surface area (Å²) in [6, 6.07) is 72.3. The summed E-state index contributed by atoms with van der Waals surface area (Å²) >= 11 is 0. The monoisotopic (exact) mass is 824 g/mol. The summed E-state index contributed by atoms with van der Waals surface area (Å²) < 4.78 is 5.05. The minimum absolute atomic E-state index is 1.14. The lowest BCUT2D eigenvalue weighted by atomic mass is 10.0. The zero-order valence-corrected chi connectivity index (χ0v) is 36.8. The van der Waals surface area contributed by atoms with Gasteiger partial charge in [0.15, 0.2) is 0 Å². The van der Waals surface area contributed by atoms with E-state index in [1.54, 1.807) is 0 Å². The Balaban J connectivity index is 1.02. The molecule has 0 saturated heterocycles. The second kappa shape index (κ2) is 13.2. The Bertz CT molecular complexity index is 3910. The van der Waals surface area contributed by atoms with E-state index in [4.69, 9.17) is 0 Å². The lowest BCUT2D eigenvalue weighted by Gasteiger charge is -2.27. The highest BCUT2D eigenvalue weighted by atomic mass is 28.3. The lowest BCUT2D eigenvalue weighted by molar-refractivity contribution is 1.27. The largest absolute Gasteiger partial charge is 0.310 e. The van der Waals surface area contributed by atoms with Crippen LogP contribution in [-0.2, 0) is 0 Å². The fraction of sp³-hybridized carbons (Fsp3) is 0.0690. The SMILES string of the molecule is Cc1cccc(N(c2ccccc2)c2ccc3c(c2)c2cccc4c5cc6c(cc5n3c24)c2cccc3c4cc(N(c5ccccc5)c5cccc([Si](C)(C)C)c5)ccc4n6c32)c1. The summed E-state index contributed by atoms with van der Waals surface area (Å²) in [5.74, 6) is 0. The molecular weight excluding hydrogens is 781 g/mol. The van der Waals surface area contributed by atoms with Crippen LogP contribution in [0.2, 0.25) is 19.6 Å². The normalized spacial score (nSPS) is 12.4. The van der Waals surface area contributed by atoms with Gasteiger partial charge in [-0.25, -0.2) is 0 Å². The van der Waals surface area contributed by atoms with Gasteiger partial charge in [-0.1, -0.05) is 122 Å². The molecule has 0 saturated carbocycles. The minimum Gasteiger partial charge on any atom is -0.310 e. The van der Waals surface area contributed by atoms with Gasteiger partial charge in [0.25, 0.3) is 0 Å². The maximum Gasteiger partial charge on any atom is 0.0776 e. The lowest BCUT2D eigenvalue weighted by Crippen LogP contribution is -2.37. The summed E-state index contributed by atoms with van der Waals surface area (Å²) in [5.41, 5.74) is 15.7. The van der Waals surface area contributed by atoms with E-state index in [1.807, 2.05) is 0 Å². The van der Waals surface area contributed by atoms with Gasteiger partial charge in [0, 0.05) is 77.2 Å². The van der Waals surface area contributed by atoms with E-state index in [-0.39, 0.29) is 0 Å². The number of aromatic nitrogens is 2. The van der Waals surface area contributed by atoms with Crippen LogP contribution in [0.5, 0.6) is 0 Å². The van der Waals surface area contributed by atoms with Gasteiger partial charge in [-0.15, -0.1) is 0 Å². The summed E-state index contributed by atoms with van der Waals surface area (Å²) in [4.78, 5) is 4.80. The molecule has 0 spiro atoms. The predicted octanol–water partition coefficient (Wildman–Crippen LogP) is 15.8. The van der Waals surface area contributed by atoms with E-state index in [9.17, 15) is 0 Å². The second-order valence-electron chi connectivity index (χ2n) is 18.3. The average molecular weight is 825 g/mol.